The number of hydrogen-bond donors (Lipinski definition) is 1. The molecule has 0 saturated carbocycles. The van der Waals surface area contributed by atoms with E-state index in [9.17, 15) is 9.90 Å². The Hall–Kier alpha value is -0.570. The summed E-state index contributed by atoms with van der Waals surface area (Å²) in [4.78, 5) is 13.6. The van der Waals surface area contributed by atoms with E-state index in [-0.39, 0.29) is 23.5 Å². The molecule has 1 aliphatic heterocycles. The van der Waals surface area contributed by atoms with Crippen LogP contribution in [0.3, 0.4) is 0 Å². The molecule has 13 heavy (non-hydrogen) atoms. The third-order valence-corrected chi connectivity index (χ3v) is 2.62. The highest BCUT2D eigenvalue weighted by Gasteiger charge is 2.37. The normalized spacial score (nSPS) is 29.5. The summed E-state index contributed by atoms with van der Waals surface area (Å²) in [5.41, 5.74) is -0.335. The minimum Gasteiger partial charge on any atom is -0.391 e. The minimum absolute atomic E-state index is 0.0216. The standard InChI is InChI=1S/C10H19NO2/c1-7-8(12)5-6-11(7)9(13)10(2,3)4/h7-8,12H,5-6H2,1-4H3/t7-,8-/m1/s1. The summed E-state index contributed by atoms with van der Waals surface area (Å²) < 4.78 is 0. The zero-order valence-electron chi connectivity index (χ0n) is 8.87. The van der Waals surface area contributed by atoms with E-state index < -0.39 is 0 Å². The average Bonchev–Trinajstić information content (AvgIpc) is 2.30. The first-order chi connectivity index (χ1) is 5.84. The van der Waals surface area contributed by atoms with Gasteiger partial charge in [-0.3, -0.25) is 4.79 Å². The van der Waals surface area contributed by atoms with Gasteiger partial charge in [0.15, 0.2) is 0 Å². The fourth-order valence-electron chi connectivity index (χ4n) is 1.64. The summed E-state index contributed by atoms with van der Waals surface area (Å²) in [5, 5.41) is 9.49. The lowest BCUT2D eigenvalue weighted by Crippen LogP contribution is -2.43. The predicted molar refractivity (Wildman–Crippen MR) is 51.3 cm³/mol. The number of aliphatic hydroxyl groups excluding tert-OH is 1. The highest BCUT2D eigenvalue weighted by Crippen LogP contribution is 2.25. The van der Waals surface area contributed by atoms with E-state index in [0.29, 0.717) is 13.0 Å². The molecule has 0 aromatic rings. The van der Waals surface area contributed by atoms with Crippen molar-refractivity contribution in [2.24, 2.45) is 5.41 Å². The SMILES string of the molecule is C[C@@H]1[C@H](O)CCN1C(=O)C(C)(C)C. The Bertz CT molecular complexity index is 207. The van der Waals surface area contributed by atoms with Crippen LogP contribution in [0.4, 0.5) is 0 Å². The third kappa shape index (κ3) is 2.02. The number of carbonyl (C=O) groups excluding carboxylic acids is 1. The van der Waals surface area contributed by atoms with E-state index >= 15 is 0 Å². The van der Waals surface area contributed by atoms with Gasteiger partial charge in [0, 0.05) is 12.0 Å². The van der Waals surface area contributed by atoms with Gasteiger partial charge in [-0.1, -0.05) is 20.8 Å². The largest absolute Gasteiger partial charge is 0.391 e. The van der Waals surface area contributed by atoms with E-state index in [0.717, 1.165) is 0 Å². The van der Waals surface area contributed by atoms with E-state index in [1.54, 1.807) is 4.90 Å². The zero-order valence-corrected chi connectivity index (χ0v) is 8.87. The molecule has 0 aromatic carbocycles. The van der Waals surface area contributed by atoms with Crippen molar-refractivity contribution in [3.05, 3.63) is 0 Å². The van der Waals surface area contributed by atoms with Gasteiger partial charge in [0.1, 0.15) is 0 Å². The summed E-state index contributed by atoms with van der Waals surface area (Å²) in [7, 11) is 0. The first-order valence-electron chi connectivity index (χ1n) is 4.83. The Morgan fingerprint density at radius 2 is 2.00 bits per heavy atom. The maximum Gasteiger partial charge on any atom is 0.228 e. The average molecular weight is 185 g/mol. The molecule has 1 rings (SSSR count). The van der Waals surface area contributed by atoms with Gasteiger partial charge in [-0.15, -0.1) is 0 Å². The van der Waals surface area contributed by atoms with Crippen molar-refractivity contribution in [1.29, 1.82) is 0 Å². The number of amides is 1. The summed E-state index contributed by atoms with van der Waals surface area (Å²) in [6.07, 6.45) is 0.370. The Morgan fingerprint density at radius 3 is 2.31 bits per heavy atom. The van der Waals surface area contributed by atoms with Gasteiger partial charge in [0.2, 0.25) is 5.91 Å². The molecule has 3 heteroatoms. The van der Waals surface area contributed by atoms with Gasteiger partial charge in [-0.05, 0) is 13.3 Å². The lowest BCUT2D eigenvalue weighted by Gasteiger charge is -2.29. The van der Waals surface area contributed by atoms with Gasteiger partial charge in [0.05, 0.1) is 12.1 Å². The minimum atomic E-state index is -0.341. The van der Waals surface area contributed by atoms with Crippen LogP contribution in [0.5, 0.6) is 0 Å². The lowest BCUT2D eigenvalue weighted by molar-refractivity contribution is -0.140. The number of carbonyl (C=O) groups is 1. The number of aliphatic hydroxyl groups is 1. The monoisotopic (exact) mass is 185 g/mol. The highest BCUT2D eigenvalue weighted by atomic mass is 16.3. The molecule has 0 spiro atoms. The van der Waals surface area contributed by atoms with E-state index in [1.807, 2.05) is 27.7 Å². The first kappa shape index (κ1) is 10.5. The second-order valence-electron chi connectivity index (χ2n) is 4.85. The van der Waals surface area contributed by atoms with Crippen molar-refractivity contribution in [3.8, 4) is 0 Å². The molecule has 0 bridgehead atoms. The summed E-state index contributed by atoms with van der Waals surface area (Å²) in [6.45, 7) is 8.33. The lowest BCUT2D eigenvalue weighted by atomic mass is 9.94. The van der Waals surface area contributed by atoms with Crippen molar-refractivity contribution in [2.75, 3.05) is 6.54 Å². The van der Waals surface area contributed by atoms with Crippen molar-refractivity contribution in [3.63, 3.8) is 0 Å². The number of nitrogens with zero attached hydrogens (tertiary/aromatic N) is 1. The fourth-order valence-corrected chi connectivity index (χ4v) is 1.64. The number of likely N-dealkylation sites (tertiary alicyclic amines) is 1. The summed E-state index contributed by atoms with van der Waals surface area (Å²) in [5.74, 6) is 0.136. The van der Waals surface area contributed by atoms with Gasteiger partial charge in [0.25, 0.3) is 0 Å². The first-order valence-corrected chi connectivity index (χ1v) is 4.83. The maximum atomic E-state index is 11.8. The van der Waals surface area contributed by atoms with Crippen LogP contribution in [0.1, 0.15) is 34.1 Å². The summed E-state index contributed by atoms with van der Waals surface area (Å²) in [6, 6.07) is -0.0216. The van der Waals surface area contributed by atoms with Crippen LogP contribution in [0.15, 0.2) is 0 Å². The molecule has 1 fully saturated rings. The van der Waals surface area contributed by atoms with Gasteiger partial charge < -0.3 is 10.0 Å². The molecule has 1 saturated heterocycles. The molecule has 0 aliphatic carbocycles. The molecule has 0 unspecified atom stereocenters. The van der Waals surface area contributed by atoms with Crippen molar-refractivity contribution < 1.29 is 9.90 Å². The number of rotatable bonds is 0. The molecule has 1 N–H and O–H groups in total. The second-order valence-corrected chi connectivity index (χ2v) is 4.85. The molecular weight excluding hydrogens is 166 g/mol. The molecule has 1 heterocycles. The van der Waals surface area contributed by atoms with Crippen LogP contribution in [0.2, 0.25) is 0 Å². The fraction of sp³-hybridized carbons (Fsp3) is 0.900. The van der Waals surface area contributed by atoms with Crippen molar-refractivity contribution in [1.82, 2.24) is 4.90 Å². The van der Waals surface area contributed by atoms with Gasteiger partial charge in [-0.2, -0.15) is 0 Å². The predicted octanol–water partition coefficient (Wildman–Crippen LogP) is 1.01. The molecule has 1 amide bonds. The van der Waals surface area contributed by atoms with Gasteiger partial charge in [-0.25, -0.2) is 0 Å². The molecular formula is C10H19NO2. The molecule has 0 radical (unpaired) electrons. The Kier molecular flexibility index (Phi) is 2.66. The molecule has 0 aromatic heterocycles. The Morgan fingerprint density at radius 1 is 1.46 bits per heavy atom. The van der Waals surface area contributed by atoms with Gasteiger partial charge >= 0.3 is 0 Å². The Labute approximate surface area is 79.7 Å². The Balaban J connectivity index is 2.69. The molecule has 3 nitrogen and oxygen atoms in total. The van der Waals surface area contributed by atoms with E-state index in [2.05, 4.69) is 0 Å². The third-order valence-electron chi connectivity index (χ3n) is 2.62. The summed E-state index contributed by atoms with van der Waals surface area (Å²) >= 11 is 0. The quantitative estimate of drug-likeness (QED) is 0.612. The highest BCUT2D eigenvalue weighted by molar-refractivity contribution is 5.82. The van der Waals surface area contributed by atoms with Crippen LogP contribution in [-0.4, -0.2) is 34.6 Å². The van der Waals surface area contributed by atoms with E-state index in [4.69, 9.17) is 0 Å². The molecule has 76 valence electrons. The second kappa shape index (κ2) is 3.29. The van der Waals surface area contributed by atoms with E-state index in [1.165, 1.54) is 0 Å². The van der Waals surface area contributed by atoms with Crippen LogP contribution in [-0.2, 0) is 4.79 Å². The zero-order chi connectivity index (χ0) is 10.2. The topological polar surface area (TPSA) is 40.5 Å². The number of hydrogen-bond acceptors (Lipinski definition) is 2. The smallest absolute Gasteiger partial charge is 0.228 e. The molecule has 2 atom stereocenters. The molecule has 1 aliphatic rings. The maximum absolute atomic E-state index is 11.8. The van der Waals surface area contributed by atoms with Crippen LogP contribution in [0, 0.1) is 5.41 Å². The van der Waals surface area contributed by atoms with Crippen LogP contribution >= 0.6 is 0 Å². The van der Waals surface area contributed by atoms with Crippen LogP contribution < -0.4 is 0 Å². The van der Waals surface area contributed by atoms with Crippen LogP contribution in [0.25, 0.3) is 0 Å². The van der Waals surface area contributed by atoms with Crippen molar-refractivity contribution >= 4 is 5.91 Å². The van der Waals surface area contributed by atoms with Crippen molar-refractivity contribution in [2.45, 2.75) is 46.3 Å².